The first-order chi connectivity index (χ1) is 10.5. The summed E-state index contributed by atoms with van der Waals surface area (Å²) in [6, 6.07) is 9.98. The van der Waals surface area contributed by atoms with Crippen molar-refractivity contribution in [1.29, 1.82) is 0 Å². The van der Waals surface area contributed by atoms with E-state index in [2.05, 4.69) is 5.32 Å². The maximum absolute atomic E-state index is 13.0. The van der Waals surface area contributed by atoms with Crippen LogP contribution in [0.3, 0.4) is 0 Å². The van der Waals surface area contributed by atoms with Gasteiger partial charge in [-0.05, 0) is 55.8 Å². The van der Waals surface area contributed by atoms with Gasteiger partial charge in [-0.25, -0.2) is 4.39 Å². The van der Waals surface area contributed by atoms with E-state index in [0.29, 0.717) is 17.0 Å². The molecule has 2 aromatic rings. The molecule has 0 radical (unpaired) electrons. The molecular weight excluding hydrogens is 281 g/mol. The number of aryl methyl sites for hydroxylation is 2. The molecule has 114 valence electrons. The molecule has 0 bridgehead atoms. The molecule has 0 atom stereocenters. The Balaban J connectivity index is 2.13. The van der Waals surface area contributed by atoms with Crippen LogP contribution in [-0.2, 0) is 4.79 Å². The number of carbonyl (C=O) groups excluding carboxylic acids is 1. The van der Waals surface area contributed by atoms with Gasteiger partial charge in [-0.2, -0.15) is 0 Å². The Morgan fingerprint density at radius 3 is 2.64 bits per heavy atom. The molecule has 0 aromatic heterocycles. The smallest absolute Gasteiger partial charge is 0.248 e. The zero-order chi connectivity index (χ0) is 16.1. The lowest BCUT2D eigenvalue weighted by Crippen LogP contribution is -2.09. The highest BCUT2D eigenvalue weighted by atomic mass is 19.1. The lowest BCUT2D eigenvalue weighted by atomic mass is 10.1. The molecule has 0 aliphatic carbocycles. The summed E-state index contributed by atoms with van der Waals surface area (Å²) in [4.78, 5) is 12.0. The molecule has 1 N–H and O–H groups in total. The Hall–Kier alpha value is -2.62. The summed E-state index contributed by atoms with van der Waals surface area (Å²) in [5, 5.41) is 2.73. The highest BCUT2D eigenvalue weighted by molar-refractivity contribution is 6.02. The standard InChI is InChI=1S/C18H18FNO2/c1-12-4-8-17(22-3)14(10-12)5-9-18(21)20-16-7-6-15(19)11-13(16)2/h4-11H,1-3H3,(H,20,21)/b9-5+. The van der Waals surface area contributed by atoms with Crippen molar-refractivity contribution < 1.29 is 13.9 Å². The third kappa shape index (κ3) is 3.95. The van der Waals surface area contributed by atoms with Gasteiger partial charge in [0, 0.05) is 17.3 Å². The van der Waals surface area contributed by atoms with E-state index in [9.17, 15) is 9.18 Å². The Kier molecular flexibility index (Phi) is 4.94. The summed E-state index contributed by atoms with van der Waals surface area (Å²) >= 11 is 0. The molecular formula is C18H18FNO2. The van der Waals surface area contributed by atoms with Crippen molar-refractivity contribution in [3.63, 3.8) is 0 Å². The van der Waals surface area contributed by atoms with Gasteiger partial charge in [0.1, 0.15) is 11.6 Å². The van der Waals surface area contributed by atoms with Crippen molar-refractivity contribution in [2.75, 3.05) is 12.4 Å². The highest BCUT2D eigenvalue weighted by Gasteiger charge is 2.04. The Morgan fingerprint density at radius 2 is 1.95 bits per heavy atom. The average Bonchev–Trinajstić information content (AvgIpc) is 2.48. The molecule has 2 rings (SSSR count). The molecule has 0 saturated heterocycles. The fourth-order valence-electron chi connectivity index (χ4n) is 2.09. The number of benzene rings is 2. The van der Waals surface area contributed by atoms with Crippen LogP contribution in [-0.4, -0.2) is 13.0 Å². The van der Waals surface area contributed by atoms with Crippen LogP contribution in [0, 0.1) is 19.7 Å². The summed E-state index contributed by atoms with van der Waals surface area (Å²) in [6.45, 7) is 3.71. The third-order valence-corrected chi connectivity index (χ3v) is 3.25. The third-order valence-electron chi connectivity index (χ3n) is 3.25. The van der Waals surface area contributed by atoms with Crippen molar-refractivity contribution in [2.45, 2.75) is 13.8 Å². The minimum absolute atomic E-state index is 0.279. The number of anilines is 1. The van der Waals surface area contributed by atoms with Crippen LogP contribution in [0.4, 0.5) is 10.1 Å². The second kappa shape index (κ2) is 6.89. The van der Waals surface area contributed by atoms with Gasteiger partial charge in [-0.15, -0.1) is 0 Å². The zero-order valence-corrected chi connectivity index (χ0v) is 12.8. The zero-order valence-electron chi connectivity index (χ0n) is 12.8. The number of hydrogen-bond acceptors (Lipinski definition) is 2. The normalized spacial score (nSPS) is 10.7. The fourth-order valence-corrected chi connectivity index (χ4v) is 2.09. The summed E-state index contributed by atoms with van der Waals surface area (Å²) < 4.78 is 18.3. The first kappa shape index (κ1) is 15.8. The van der Waals surface area contributed by atoms with Gasteiger partial charge in [0.05, 0.1) is 7.11 Å². The largest absolute Gasteiger partial charge is 0.496 e. The Morgan fingerprint density at radius 1 is 1.18 bits per heavy atom. The number of nitrogens with one attached hydrogen (secondary N) is 1. The minimum Gasteiger partial charge on any atom is -0.496 e. The van der Waals surface area contributed by atoms with Crippen molar-refractivity contribution in [2.24, 2.45) is 0 Å². The molecule has 0 fully saturated rings. The van der Waals surface area contributed by atoms with Gasteiger partial charge in [-0.1, -0.05) is 11.6 Å². The van der Waals surface area contributed by atoms with Crippen LogP contribution in [0.15, 0.2) is 42.5 Å². The number of methoxy groups -OCH3 is 1. The van der Waals surface area contributed by atoms with Crippen LogP contribution in [0.5, 0.6) is 5.75 Å². The van der Waals surface area contributed by atoms with Crippen molar-refractivity contribution in [3.8, 4) is 5.75 Å². The van der Waals surface area contributed by atoms with Crippen molar-refractivity contribution in [3.05, 3.63) is 65.0 Å². The summed E-state index contributed by atoms with van der Waals surface area (Å²) in [7, 11) is 1.59. The second-order valence-corrected chi connectivity index (χ2v) is 5.03. The van der Waals surface area contributed by atoms with E-state index in [4.69, 9.17) is 4.74 Å². The Labute approximate surface area is 129 Å². The van der Waals surface area contributed by atoms with Crippen LogP contribution in [0.2, 0.25) is 0 Å². The molecule has 1 amide bonds. The van der Waals surface area contributed by atoms with Gasteiger partial charge >= 0.3 is 0 Å². The molecule has 0 aliphatic heterocycles. The van der Waals surface area contributed by atoms with Gasteiger partial charge in [0.25, 0.3) is 0 Å². The number of amides is 1. The fraction of sp³-hybridized carbons (Fsp3) is 0.167. The van der Waals surface area contributed by atoms with Crippen LogP contribution in [0.25, 0.3) is 6.08 Å². The molecule has 3 nitrogen and oxygen atoms in total. The molecule has 2 aromatic carbocycles. The predicted octanol–water partition coefficient (Wildman–Crippen LogP) is 4.10. The van der Waals surface area contributed by atoms with E-state index >= 15 is 0 Å². The average molecular weight is 299 g/mol. The molecule has 0 unspecified atom stereocenters. The minimum atomic E-state index is -0.324. The summed E-state index contributed by atoms with van der Waals surface area (Å²) in [5.74, 6) is 0.0985. The van der Waals surface area contributed by atoms with Gasteiger partial charge in [0.2, 0.25) is 5.91 Å². The maximum atomic E-state index is 13.0. The molecule has 0 heterocycles. The van der Waals surface area contributed by atoms with Crippen molar-refractivity contribution >= 4 is 17.7 Å². The predicted molar refractivity (Wildman–Crippen MR) is 86.5 cm³/mol. The monoisotopic (exact) mass is 299 g/mol. The molecule has 0 spiro atoms. The van der Waals surface area contributed by atoms with Gasteiger partial charge in [0.15, 0.2) is 0 Å². The molecule has 22 heavy (non-hydrogen) atoms. The van der Waals surface area contributed by atoms with Crippen LogP contribution >= 0.6 is 0 Å². The summed E-state index contributed by atoms with van der Waals surface area (Å²) in [5.41, 5.74) is 3.17. The second-order valence-electron chi connectivity index (χ2n) is 5.03. The molecule has 0 aliphatic rings. The summed E-state index contributed by atoms with van der Waals surface area (Å²) in [6.07, 6.45) is 3.13. The lowest BCUT2D eigenvalue weighted by molar-refractivity contribution is -0.111. The van der Waals surface area contributed by atoms with E-state index in [1.807, 2.05) is 25.1 Å². The topological polar surface area (TPSA) is 38.3 Å². The number of rotatable bonds is 4. The van der Waals surface area contributed by atoms with E-state index in [1.165, 1.54) is 18.2 Å². The van der Waals surface area contributed by atoms with E-state index in [0.717, 1.165) is 11.1 Å². The number of ether oxygens (including phenoxy) is 1. The van der Waals surface area contributed by atoms with E-state index < -0.39 is 0 Å². The first-order valence-electron chi connectivity index (χ1n) is 6.89. The highest BCUT2D eigenvalue weighted by Crippen LogP contribution is 2.21. The number of hydrogen-bond donors (Lipinski definition) is 1. The van der Waals surface area contributed by atoms with E-state index in [-0.39, 0.29) is 11.7 Å². The van der Waals surface area contributed by atoms with Crippen LogP contribution in [0.1, 0.15) is 16.7 Å². The van der Waals surface area contributed by atoms with Gasteiger partial charge in [-0.3, -0.25) is 4.79 Å². The first-order valence-corrected chi connectivity index (χ1v) is 6.89. The number of halogens is 1. The van der Waals surface area contributed by atoms with Crippen LogP contribution < -0.4 is 10.1 Å². The lowest BCUT2D eigenvalue weighted by Gasteiger charge is -2.07. The van der Waals surface area contributed by atoms with E-state index in [1.54, 1.807) is 26.2 Å². The molecule has 0 saturated carbocycles. The number of carbonyl (C=O) groups is 1. The Bertz CT molecular complexity index is 723. The maximum Gasteiger partial charge on any atom is 0.248 e. The molecule has 4 heteroatoms. The van der Waals surface area contributed by atoms with Crippen molar-refractivity contribution in [1.82, 2.24) is 0 Å². The SMILES string of the molecule is COc1ccc(C)cc1/C=C/C(=O)Nc1ccc(F)cc1C. The quantitative estimate of drug-likeness (QED) is 0.863. The van der Waals surface area contributed by atoms with Gasteiger partial charge < -0.3 is 10.1 Å².